The fraction of sp³-hybridized carbons (Fsp3) is 0.333. The predicted octanol–water partition coefficient (Wildman–Crippen LogP) is 4.11. The molecule has 8 nitrogen and oxygen atoms in total. The molecule has 0 atom stereocenters. The van der Waals surface area contributed by atoms with Crippen LogP contribution in [0, 0.1) is 0 Å². The fourth-order valence-corrected chi connectivity index (χ4v) is 5.01. The quantitative estimate of drug-likeness (QED) is 0.441. The number of nitrogens with two attached hydrogens (primary N) is 1. The minimum absolute atomic E-state index is 0.309. The Hall–Kier alpha value is -3.62. The second-order valence-electron chi connectivity index (χ2n) is 9.27. The first-order valence-corrected chi connectivity index (χ1v) is 12.2. The van der Waals surface area contributed by atoms with Crippen LogP contribution in [0.15, 0.2) is 61.1 Å². The van der Waals surface area contributed by atoms with Crippen LogP contribution in [0.4, 0.5) is 5.69 Å². The predicted molar refractivity (Wildman–Crippen MR) is 136 cm³/mol. The summed E-state index contributed by atoms with van der Waals surface area (Å²) in [6.45, 7) is 4.29. The molecule has 178 valence electrons. The van der Waals surface area contributed by atoms with Crippen LogP contribution >= 0.6 is 0 Å². The zero-order chi connectivity index (χ0) is 23.6. The van der Waals surface area contributed by atoms with Crippen molar-refractivity contribution in [2.75, 3.05) is 32.0 Å². The van der Waals surface area contributed by atoms with Crippen LogP contribution in [-0.2, 0) is 11.3 Å². The minimum atomic E-state index is 0.309. The van der Waals surface area contributed by atoms with E-state index in [2.05, 4.69) is 26.7 Å². The Balaban J connectivity index is 1.33. The largest absolute Gasteiger partial charge is 0.399 e. The van der Waals surface area contributed by atoms with E-state index in [1.807, 2.05) is 48.9 Å². The van der Waals surface area contributed by atoms with E-state index in [1.54, 1.807) is 0 Å². The van der Waals surface area contributed by atoms with Crippen molar-refractivity contribution in [2.24, 2.45) is 0 Å². The Morgan fingerprint density at radius 1 is 1.03 bits per heavy atom. The van der Waals surface area contributed by atoms with E-state index in [4.69, 9.17) is 25.5 Å². The molecule has 1 fully saturated rings. The number of nitrogens with zero attached hydrogens (tertiary/aromatic N) is 6. The van der Waals surface area contributed by atoms with Gasteiger partial charge in [0.15, 0.2) is 11.5 Å². The summed E-state index contributed by atoms with van der Waals surface area (Å²) in [5.74, 6) is 0.704. The first kappa shape index (κ1) is 21.9. The van der Waals surface area contributed by atoms with Crippen molar-refractivity contribution in [3.8, 4) is 11.4 Å². The standard InChI is InChI=1S/C27H29N7O/c28-22-5-3-21(4-6-22)26-31-25(20-9-14-35-15-10-20)24-17-30-34(27(24)32-26)23-7-12-33(13-8-23)18-19-2-1-11-29-16-19/h1-6,9,11,16-17,23H,7-8,10,12-15,18,28H2. The normalized spacial score (nSPS) is 17.5. The lowest BCUT2D eigenvalue weighted by Crippen LogP contribution is -2.34. The average molecular weight is 468 g/mol. The number of aromatic nitrogens is 5. The molecule has 0 unspecified atom stereocenters. The molecule has 0 saturated carbocycles. The van der Waals surface area contributed by atoms with Crippen LogP contribution in [0.3, 0.4) is 0 Å². The third-order valence-electron chi connectivity index (χ3n) is 6.92. The molecule has 3 aromatic heterocycles. The molecule has 5 heterocycles. The van der Waals surface area contributed by atoms with Crippen LogP contribution in [0.2, 0.25) is 0 Å². The summed E-state index contributed by atoms with van der Waals surface area (Å²) in [6.07, 6.45) is 10.8. The maximum atomic E-state index is 5.92. The maximum absolute atomic E-state index is 5.92. The van der Waals surface area contributed by atoms with Gasteiger partial charge in [0.1, 0.15) is 0 Å². The highest BCUT2D eigenvalue weighted by atomic mass is 16.5. The van der Waals surface area contributed by atoms with Crippen molar-refractivity contribution in [3.63, 3.8) is 0 Å². The van der Waals surface area contributed by atoms with E-state index in [0.29, 0.717) is 25.1 Å². The molecule has 2 N–H and O–H groups in total. The number of nitrogen functional groups attached to an aromatic ring is 1. The van der Waals surface area contributed by atoms with E-state index in [1.165, 1.54) is 11.1 Å². The number of anilines is 1. The lowest BCUT2D eigenvalue weighted by atomic mass is 10.0. The van der Waals surface area contributed by atoms with Gasteiger partial charge in [-0.05, 0) is 60.7 Å². The van der Waals surface area contributed by atoms with Crippen LogP contribution in [0.25, 0.3) is 28.0 Å². The van der Waals surface area contributed by atoms with Gasteiger partial charge >= 0.3 is 0 Å². The molecule has 1 saturated heterocycles. The Morgan fingerprint density at radius 3 is 2.63 bits per heavy atom. The van der Waals surface area contributed by atoms with Gasteiger partial charge in [-0.15, -0.1) is 0 Å². The third-order valence-corrected chi connectivity index (χ3v) is 6.92. The highest BCUT2D eigenvalue weighted by Gasteiger charge is 2.25. The average Bonchev–Trinajstić information content (AvgIpc) is 3.34. The van der Waals surface area contributed by atoms with Crippen molar-refractivity contribution < 1.29 is 4.74 Å². The topological polar surface area (TPSA) is 95.0 Å². The van der Waals surface area contributed by atoms with E-state index in [0.717, 1.165) is 66.9 Å². The van der Waals surface area contributed by atoms with Crippen LogP contribution < -0.4 is 5.73 Å². The molecule has 2 aliphatic heterocycles. The molecule has 8 heteroatoms. The summed E-state index contributed by atoms with van der Waals surface area (Å²) in [4.78, 5) is 16.8. The first-order valence-electron chi connectivity index (χ1n) is 12.2. The van der Waals surface area contributed by atoms with Gasteiger partial charge in [-0.3, -0.25) is 9.88 Å². The van der Waals surface area contributed by atoms with E-state index in [9.17, 15) is 0 Å². The summed E-state index contributed by atoms with van der Waals surface area (Å²) < 4.78 is 7.68. The van der Waals surface area contributed by atoms with Gasteiger partial charge in [0.2, 0.25) is 0 Å². The molecule has 2 aliphatic rings. The van der Waals surface area contributed by atoms with Crippen molar-refractivity contribution in [3.05, 3.63) is 72.3 Å². The fourth-order valence-electron chi connectivity index (χ4n) is 5.01. The zero-order valence-corrected chi connectivity index (χ0v) is 19.7. The van der Waals surface area contributed by atoms with Gasteiger partial charge < -0.3 is 10.5 Å². The number of rotatable bonds is 5. The van der Waals surface area contributed by atoms with E-state index < -0.39 is 0 Å². The van der Waals surface area contributed by atoms with Gasteiger partial charge in [-0.25, -0.2) is 14.6 Å². The number of piperidine rings is 1. The SMILES string of the molecule is Nc1ccc(-c2nc(C3=CCOCC3)c3cnn(C4CCN(Cc5cccnc5)CC4)c3n2)cc1. The van der Waals surface area contributed by atoms with Gasteiger partial charge in [0.25, 0.3) is 0 Å². The molecule has 0 bridgehead atoms. The Bertz CT molecular complexity index is 1340. The van der Waals surface area contributed by atoms with Crippen molar-refractivity contribution in [1.82, 2.24) is 29.6 Å². The molecule has 35 heavy (non-hydrogen) atoms. The van der Waals surface area contributed by atoms with Gasteiger partial charge in [0.05, 0.1) is 36.5 Å². The molecule has 0 spiro atoms. The second-order valence-corrected chi connectivity index (χ2v) is 9.27. The Kier molecular flexibility index (Phi) is 5.98. The first-order chi connectivity index (χ1) is 17.2. The highest BCUT2D eigenvalue weighted by molar-refractivity contribution is 5.89. The number of benzene rings is 1. The van der Waals surface area contributed by atoms with Crippen molar-refractivity contribution >= 4 is 22.3 Å². The van der Waals surface area contributed by atoms with Crippen LogP contribution in [0.1, 0.15) is 36.6 Å². The van der Waals surface area contributed by atoms with Gasteiger partial charge in [-0.1, -0.05) is 12.1 Å². The number of hydrogen-bond acceptors (Lipinski definition) is 7. The summed E-state index contributed by atoms with van der Waals surface area (Å²) in [7, 11) is 0. The number of ether oxygens (including phenoxy) is 1. The number of likely N-dealkylation sites (tertiary alicyclic amines) is 1. The maximum Gasteiger partial charge on any atom is 0.162 e. The number of pyridine rings is 1. The minimum Gasteiger partial charge on any atom is -0.399 e. The third kappa shape index (κ3) is 4.54. The summed E-state index contributed by atoms with van der Waals surface area (Å²) in [5, 5.41) is 5.85. The second kappa shape index (κ2) is 9.56. The number of fused-ring (bicyclic) bond motifs is 1. The lowest BCUT2D eigenvalue weighted by Gasteiger charge is -2.32. The number of hydrogen-bond donors (Lipinski definition) is 1. The lowest BCUT2D eigenvalue weighted by molar-refractivity contribution is 0.161. The van der Waals surface area contributed by atoms with Gasteiger partial charge in [-0.2, -0.15) is 5.10 Å². The van der Waals surface area contributed by atoms with Crippen molar-refractivity contribution in [2.45, 2.75) is 31.8 Å². The Morgan fingerprint density at radius 2 is 1.89 bits per heavy atom. The van der Waals surface area contributed by atoms with Crippen LogP contribution in [-0.4, -0.2) is 55.9 Å². The molecular weight excluding hydrogens is 438 g/mol. The molecule has 6 rings (SSSR count). The summed E-state index contributed by atoms with van der Waals surface area (Å²) in [6, 6.07) is 12.2. The van der Waals surface area contributed by atoms with Crippen molar-refractivity contribution in [1.29, 1.82) is 0 Å². The molecule has 1 aromatic carbocycles. The Labute approximate surface area is 204 Å². The highest BCUT2D eigenvalue weighted by Crippen LogP contribution is 2.32. The molecule has 4 aromatic rings. The molecule has 0 radical (unpaired) electrons. The van der Waals surface area contributed by atoms with Crippen LogP contribution in [0.5, 0.6) is 0 Å². The monoisotopic (exact) mass is 467 g/mol. The molecule has 0 amide bonds. The summed E-state index contributed by atoms with van der Waals surface area (Å²) in [5.41, 5.74) is 11.9. The van der Waals surface area contributed by atoms with E-state index in [-0.39, 0.29) is 0 Å². The zero-order valence-electron chi connectivity index (χ0n) is 19.7. The molecular formula is C27H29N7O. The van der Waals surface area contributed by atoms with Gasteiger partial charge in [0, 0.05) is 43.3 Å². The van der Waals surface area contributed by atoms with E-state index >= 15 is 0 Å². The molecule has 0 aliphatic carbocycles. The summed E-state index contributed by atoms with van der Waals surface area (Å²) >= 11 is 0. The smallest absolute Gasteiger partial charge is 0.162 e.